The lowest BCUT2D eigenvalue weighted by Gasteiger charge is -2.20. The van der Waals surface area contributed by atoms with Crippen LogP contribution in [0.2, 0.25) is 0 Å². The molecule has 0 radical (unpaired) electrons. The Morgan fingerprint density at radius 1 is 1.75 bits per heavy atom. The van der Waals surface area contributed by atoms with Crippen molar-refractivity contribution in [3.8, 4) is 0 Å². The summed E-state index contributed by atoms with van der Waals surface area (Å²) in [5.74, 6) is 0.496. The highest BCUT2D eigenvalue weighted by Crippen LogP contribution is 2.22. The Labute approximate surface area is 73.6 Å². The van der Waals surface area contributed by atoms with Crippen LogP contribution in [-0.4, -0.2) is 12.6 Å². The summed E-state index contributed by atoms with van der Waals surface area (Å²) in [5, 5.41) is 0. The first-order valence-electron chi connectivity index (χ1n) is 4.48. The Morgan fingerprint density at radius 2 is 2.50 bits per heavy atom. The van der Waals surface area contributed by atoms with E-state index >= 15 is 0 Å². The molecule has 1 aliphatic heterocycles. The average Bonchev–Trinajstić information content (AvgIpc) is 2.01. The molecule has 0 N–H and O–H groups in total. The Balaban J connectivity index is 2.23. The van der Waals surface area contributed by atoms with E-state index in [1.54, 1.807) is 0 Å². The molecule has 0 aliphatic carbocycles. The van der Waals surface area contributed by atoms with Gasteiger partial charge in [0.25, 0.3) is 0 Å². The molecule has 1 atom stereocenters. The number of rotatable bonds is 3. The Morgan fingerprint density at radius 3 is 3.08 bits per heavy atom. The van der Waals surface area contributed by atoms with Crippen LogP contribution in [0.4, 0.5) is 0 Å². The fraction of sp³-hybridized carbons (Fsp3) is 0.700. The van der Waals surface area contributed by atoms with Crippen LogP contribution in [0, 0.1) is 5.92 Å². The number of cyclic esters (lactones) is 1. The van der Waals surface area contributed by atoms with Crippen molar-refractivity contribution in [2.75, 3.05) is 6.61 Å². The molecule has 12 heavy (non-hydrogen) atoms. The third-order valence-electron chi connectivity index (χ3n) is 2.22. The summed E-state index contributed by atoms with van der Waals surface area (Å²) in [6, 6.07) is 0. The average molecular weight is 168 g/mol. The predicted molar refractivity (Wildman–Crippen MR) is 47.7 cm³/mol. The van der Waals surface area contributed by atoms with Crippen molar-refractivity contribution in [1.29, 1.82) is 0 Å². The highest BCUT2D eigenvalue weighted by atomic mass is 16.5. The minimum Gasteiger partial charge on any atom is -0.466 e. The molecule has 1 fully saturated rings. The zero-order chi connectivity index (χ0) is 8.97. The summed E-state index contributed by atoms with van der Waals surface area (Å²) in [6.07, 6.45) is 3.76. The quantitative estimate of drug-likeness (QED) is 0.477. The maximum Gasteiger partial charge on any atom is 0.306 e. The van der Waals surface area contributed by atoms with Crippen LogP contribution < -0.4 is 0 Å². The van der Waals surface area contributed by atoms with Crippen LogP contribution in [0.15, 0.2) is 12.2 Å². The minimum atomic E-state index is -0.0343. The molecule has 0 aromatic heterocycles. The van der Waals surface area contributed by atoms with Crippen molar-refractivity contribution in [3.05, 3.63) is 12.2 Å². The molecule has 0 unspecified atom stereocenters. The van der Waals surface area contributed by atoms with E-state index in [9.17, 15) is 4.79 Å². The molecule has 2 heteroatoms. The van der Waals surface area contributed by atoms with Gasteiger partial charge in [-0.05, 0) is 32.1 Å². The largest absolute Gasteiger partial charge is 0.466 e. The predicted octanol–water partition coefficient (Wildman–Crippen LogP) is 2.30. The second-order valence-corrected chi connectivity index (χ2v) is 3.58. The lowest BCUT2D eigenvalue weighted by Crippen LogP contribution is -2.20. The molecule has 68 valence electrons. The van der Waals surface area contributed by atoms with Crippen LogP contribution in [0.1, 0.15) is 32.6 Å². The van der Waals surface area contributed by atoms with Gasteiger partial charge in [0.15, 0.2) is 0 Å². The van der Waals surface area contributed by atoms with E-state index in [2.05, 4.69) is 6.58 Å². The highest BCUT2D eigenvalue weighted by molar-refractivity contribution is 5.70. The van der Waals surface area contributed by atoms with Gasteiger partial charge in [-0.3, -0.25) is 4.79 Å². The number of esters is 1. The molecule has 1 heterocycles. The van der Waals surface area contributed by atoms with Gasteiger partial charge in [0, 0.05) is 6.42 Å². The van der Waals surface area contributed by atoms with E-state index in [0.717, 1.165) is 19.3 Å². The van der Waals surface area contributed by atoms with Gasteiger partial charge in [0.05, 0.1) is 6.61 Å². The van der Waals surface area contributed by atoms with Gasteiger partial charge in [0.1, 0.15) is 0 Å². The van der Waals surface area contributed by atoms with Crippen LogP contribution in [0.25, 0.3) is 0 Å². The fourth-order valence-electron chi connectivity index (χ4n) is 1.43. The lowest BCUT2D eigenvalue weighted by atomic mass is 9.93. The molecule has 1 aliphatic rings. The molecule has 0 aromatic rings. The first kappa shape index (κ1) is 9.30. The van der Waals surface area contributed by atoms with Crippen molar-refractivity contribution < 1.29 is 9.53 Å². The zero-order valence-corrected chi connectivity index (χ0v) is 7.64. The van der Waals surface area contributed by atoms with Gasteiger partial charge in [-0.15, -0.1) is 6.58 Å². The van der Waals surface area contributed by atoms with Crippen LogP contribution >= 0.6 is 0 Å². The van der Waals surface area contributed by atoms with E-state index in [1.165, 1.54) is 5.57 Å². The Hall–Kier alpha value is -0.790. The second-order valence-electron chi connectivity index (χ2n) is 3.58. The molecule has 1 saturated heterocycles. The van der Waals surface area contributed by atoms with Crippen molar-refractivity contribution >= 4 is 5.97 Å². The summed E-state index contributed by atoms with van der Waals surface area (Å²) in [7, 11) is 0. The smallest absolute Gasteiger partial charge is 0.306 e. The summed E-state index contributed by atoms with van der Waals surface area (Å²) >= 11 is 0. The molecular formula is C10H16O2. The van der Waals surface area contributed by atoms with Crippen molar-refractivity contribution in [1.82, 2.24) is 0 Å². The second kappa shape index (κ2) is 4.29. The molecule has 0 spiro atoms. The van der Waals surface area contributed by atoms with Crippen LogP contribution in [0.5, 0.6) is 0 Å². The third-order valence-corrected chi connectivity index (χ3v) is 2.22. The van der Waals surface area contributed by atoms with Crippen molar-refractivity contribution in [2.24, 2.45) is 5.92 Å². The first-order valence-corrected chi connectivity index (χ1v) is 4.48. The number of carbonyl (C=O) groups is 1. The van der Waals surface area contributed by atoms with E-state index in [-0.39, 0.29) is 5.97 Å². The van der Waals surface area contributed by atoms with E-state index in [4.69, 9.17) is 4.74 Å². The number of ether oxygens (including phenoxy) is 1. The maximum atomic E-state index is 10.9. The Bertz CT molecular complexity index is 184. The molecule has 0 saturated carbocycles. The summed E-state index contributed by atoms with van der Waals surface area (Å²) in [5.41, 5.74) is 1.20. The van der Waals surface area contributed by atoms with Gasteiger partial charge in [-0.25, -0.2) is 0 Å². The van der Waals surface area contributed by atoms with Gasteiger partial charge in [0.2, 0.25) is 0 Å². The molecule has 0 aromatic carbocycles. The molecular weight excluding hydrogens is 152 g/mol. The molecule has 0 bridgehead atoms. The highest BCUT2D eigenvalue weighted by Gasteiger charge is 2.19. The summed E-state index contributed by atoms with van der Waals surface area (Å²) < 4.78 is 4.85. The number of carbonyl (C=O) groups excluding carboxylic acids is 1. The lowest BCUT2D eigenvalue weighted by molar-refractivity contribution is -0.149. The van der Waals surface area contributed by atoms with E-state index < -0.39 is 0 Å². The SMILES string of the molecule is C=C(C)CC[C@@H]1CCOC(=O)C1. The van der Waals surface area contributed by atoms with Gasteiger partial charge in [-0.1, -0.05) is 5.57 Å². The van der Waals surface area contributed by atoms with Crippen LogP contribution in [0.3, 0.4) is 0 Å². The zero-order valence-electron chi connectivity index (χ0n) is 7.64. The topological polar surface area (TPSA) is 26.3 Å². The van der Waals surface area contributed by atoms with Crippen molar-refractivity contribution in [2.45, 2.75) is 32.6 Å². The molecule has 1 rings (SSSR count). The maximum absolute atomic E-state index is 10.9. The van der Waals surface area contributed by atoms with Crippen molar-refractivity contribution in [3.63, 3.8) is 0 Å². The number of hydrogen-bond donors (Lipinski definition) is 0. The normalized spacial score (nSPS) is 23.4. The van der Waals surface area contributed by atoms with E-state index in [1.807, 2.05) is 6.92 Å². The number of hydrogen-bond acceptors (Lipinski definition) is 2. The monoisotopic (exact) mass is 168 g/mol. The summed E-state index contributed by atoms with van der Waals surface area (Å²) in [4.78, 5) is 10.9. The van der Waals surface area contributed by atoms with Crippen LogP contribution in [-0.2, 0) is 9.53 Å². The first-order chi connectivity index (χ1) is 5.68. The summed E-state index contributed by atoms with van der Waals surface area (Å²) in [6.45, 7) is 6.48. The van der Waals surface area contributed by atoms with E-state index in [0.29, 0.717) is 18.9 Å². The number of allylic oxidation sites excluding steroid dienone is 1. The fourth-order valence-corrected chi connectivity index (χ4v) is 1.43. The van der Waals surface area contributed by atoms with Gasteiger partial charge < -0.3 is 4.74 Å². The minimum absolute atomic E-state index is 0.0343. The molecule has 0 amide bonds. The standard InChI is InChI=1S/C10H16O2/c1-8(2)3-4-9-5-6-12-10(11)7-9/h9H,1,3-7H2,2H3/t9-/m1/s1. The van der Waals surface area contributed by atoms with Gasteiger partial charge >= 0.3 is 5.97 Å². The van der Waals surface area contributed by atoms with Gasteiger partial charge in [-0.2, -0.15) is 0 Å². The Kier molecular flexibility index (Phi) is 3.32. The molecule has 2 nitrogen and oxygen atoms in total. The third kappa shape index (κ3) is 3.07.